The van der Waals surface area contributed by atoms with Gasteiger partial charge in [0.2, 0.25) is 11.8 Å². The van der Waals surface area contributed by atoms with Gasteiger partial charge in [0.15, 0.2) is 0 Å². The maximum absolute atomic E-state index is 12.8. The van der Waals surface area contributed by atoms with Crippen LogP contribution in [0.4, 0.5) is 11.4 Å². The molecule has 1 aromatic heterocycles. The van der Waals surface area contributed by atoms with E-state index in [9.17, 15) is 14.9 Å². The number of amides is 2. The highest BCUT2D eigenvalue weighted by atomic mass is 32.2. The predicted octanol–water partition coefficient (Wildman–Crippen LogP) is 4.62. The fourth-order valence-electron chi connectivity index (χ4n) is 2.71. The Morgan fingerprint density at radius 1 is 1.10 bits per heavy atom. The normalized spacial score (nSPS) is 11.6. The standard InChI is InChI=1S/C22H26N4O2S/c1-5-20(21(28)25-18-10-8-17(9-11-18)24-15(4)27)29-22-16(13-23)6-7-19(26-22)12-14(2)3/h6-11,14,20H,5,12H2,1-4H3,(H,24,27)(H,25,28). The maximum atomic E-state index is 12.8. The van der Waals surface area contributed by atoms with Crippen LogP contribution >= 0.6 is 11.8 Å². The first-order valence-corrected chi connectivity index (χ1v) is 10.5. The van der Waals surface area contributed by atoms with E-state index in [1.165, 1.54) is 18.7 Å². The number of thioether (sulfide) groups is 1. The summed E-state index contributed by atoms with van der Waals surface area (Å²) in [6.07, 6.45) is 1.42. The third kappa shape index (κ3) is 6.91. The van der Waals surface area contributed by atoms with E-state index in [2.05, 4.69) is 35.5 Å². The summed E-state index contributed by atoms with van der Waals surface area (Å²) in [6, 6.07) is 12.8. The molecule has 0 fully saturated rings. The molecule has 152 valence electrons. The second-order valence-electron chi connectivity index (χ2n) is 7.13. The minimum Gasteiger partial charge on any atom is -0.326 e. The van der Waals surface area contributed by atoms with Gasteiger partial charge in [-0.15, -0.1) is 0 Å². The Bertz CT molecular complexity index is 904. The van der Waals surface area contributed by atoms with Gasteiger partial charge in [-0.1, -0.05) is 32.5 Å². The molecule has 1 aromatic carbocycles. The molecule has 2 N–H and O–H groups in total. The summed E-state index contributed by atoms with van der Waals surface area (Å²) in [7, 11) is 0. The highest BCUT2D eigenvalue weighted by molar-refractivity contribution is 8.00. The summed E-state index contributed by atoms with van der Waals surface area (Å²) >= 11 is 1.32. The average Bonchev–Trinajstić information content (AvgIpc) is 2.66. The number of pyridine rings is 1. The molecule has 1 heterocycles. The van der Waals surface area contributed by atoms with E-state index in [0.29, 0.717) is 34.3 Å². The number of nitrogens with zero attached hydrogens (tertiary/aromatic N) is 2. The van der Waals surface area contributed by atoms with Crippen LogP contribution in [0.2, 0.25) is 0 Å². The second-order valence-corrected chi connectivity index (χ2v) is 8.32. The number of carbonyl (C=O) groups is 2. The van der Waals surface area contributed by atoms with Gasteiger partial charge in [-0.25, -0.2) is 4.98 Å². The Balaban J connectivity index is 2.11. The number of rotatable bonds is 8. The van der Waals surface area contributed by atoms with Gasteiger partial charge in [0, 0.05) is 24.0 Å². The molecular weight excluding hydrogens is 384 g/mol. The zero-order chi connectivity index (χ0) is 21.4. The van der Waals surface area contributed by atoms with Crippen molar-refractivity contribution in [3.05, 3.63) is 47.7 Å². The lowest BCUT2D eigenvalue weighted by atomic mass is 10.1. The number of anilines is 2. The fraction of sp³-hybridized carbons (Fsp3) is 0.364. The molecule has 1 atom stereocenters. The van der Waals surface area contributed by atoms with Crippen LogP contribution in [0.25, 0.3) is 0 Å². The van der Waals surface area contributed by atoms with Crippen LogP contribution in [0.15, 0.2) is 41.4 Å². The Kier molecular flexibility index (Phi) is 8.22. The summed E-state index contributed by atoms with van der Waals surface area (Å²) < 4.78 is 0. The van der Waals surface area contributed by atoms with Crippen LogP contribution in [0.1, 0.15) is 45.4 Å². The first-order valence-electron chi connectivity index (χ1n) is 9.57. The van der Waals surface area contributed by atoms with Crippen LogP contribution in [-0.4, -0.2) is 22.0 Å². The molecule has 29 heavy (non-hydrogen) atoms. The molecule has 0 aliphatic heterocycles. The monoisotopic (exact) mass is 410 g/mol. The average molecular weight is 411 g/mol. The predicted molar refractivity (Wildman–Crippen MR) is 117 cm³/mol. The lowest BCUT2D eigenvalue weighted by Crippen LogP contribution is -2.25. The molecule has 0 radical (unpaired) electrons. The highest BCUT2D eigenvalue weighted by Crippen LogP contribution is 2.28. The van der Waals surface area contributed by atoms with Gasteiger partial charge in [0.05, 0.1) is 10.8 Å². The van der Waals surface area contributed by atoms with E-state index in [1.807, 2.05) is 13.0 Å². The van der Waals surface area contributed by atoms with Crippen molar-refractivity contribution in [2.24, 2.45) is 5.92 Å². The minimum atomic E-state index is -0.376. The van der Waals surface area contributed by atoms with Crippen LogP contribution < -0.4 is 10.6 Å². The first kappa shape index (κ1) is 22.4. The van der Waals surface area contributed by atoms with Crippen molar-refractivity contribution in [2.45, 2.75) is 50.8 Å². The minimum absolute atomic E-state index is 0.148. The Morgan fingerprint density at radius 2 is 1.72 bits per heavy atom. The van der Waals surface area contributed by atoms with E-state index >= 15 is 0 Å². The number of benzene rings is 1. The van der Waals surface area contributed by atoms with Crippen molar-refractivity contribution < 1.29 is 9.59 Å². The Hall–Kier alpha value is -2.85. The van der Waals surface area contributed by atoms with Crippen molar-refractivity contribution in [3.8, 4) is 6.07 Å². The van der Waals surface area contributed by atoms with Crippen LogP contribution in [0.5, 0.6) is 0 Å². The van der Waals surface area contributed by atoms with E-state index in [4.69, 9.17) is 0 Å². The topological polar surface area (TPSA) is 94.9 Å². The van der Waals surface area contributed by atoms with Gasteiger partial charge < -0.3 is 10.6 Å². The molecule has 0 bridgehead atoms. The summed E-state index contributed by atoms with van der Waals surface area (Å²) in [5.41, 5.74) is 2.71. The third-order valence-electron chi connectivity index (χ3n) is 4.05. The van der Waals surface area contributed by atoms with Crippen molar-refractivity contribution in [1.82, 2.24) is 4.98 Å². The Morgan fingerprint density at radius 3 is 2.24 bits per heavy atom. The third-order valence-corrected chi connectivity index (χ3v) is 5.41. The van der Waals surface area contributed by atoms with Crippen molar-refractivity contribution >= 4 is 35.0 Å². The number of aromatic nitrogens is 1. The van der Waals surface area contributed by atoms with Gasteiger partial charge in [0.1, 0.15) is 11.1 Å². The van der Waals surface area contributed by atoms with E-state index in [1.54, 1.807) is 30.3 Å². The second kappa shape index (κ2) is 10.6. The molecule has 2 aromatic rings. The van der Waals surface area contributed by atoms with Crippen LogP contribution in [-0.2, 0) is 16.0 Å². The van der Waals surface area contributed by atoms with Gasteiger partial charge in [-0.2, -0.15) is 5.26 Å². The van der Waals surface area contributed by atoms with E-state index in [-0.39, 0.29) is 17.1 Å². The number of nitrogens with one attached hydrogen (secondary N) is 2. The van der Waals surface area contributed by atoms with E-state index in [0.717, 1.165) is 12.1 Å². The molecule has 0 aliphatic carbocycles. The highest BCUT2D eigenvalue weighted by Gasteiger charge is 2.21. The van der Waals surface area contributed by atoms with E-state index < -0.39 is 0 Å². The first-order chi connectivity index (χ1) is 13.8. The number of hydrogen-bond acceptors (Lipinski definition) is 5. The summed E-state index contributed by atoms with van der Waals surface area (Å²) in [4.78, 5) is 28.5. The lowest BCUT2D eigenvalue weighted by Gasteiger charge is -2.16. The van der Waals surface area contributed by atoms with Crippen molar-refractivity contribution in [2.75, 3.05) is 10.6 Å². The number of nitriles is 1. The van der Waals surface area contributed by atoms with Crippen molar-refractivity contribution in [3.63, 3.8) is 0 Å². The van der Waals surface area contributed by atoms with Gasteiger partial charge in [0.25, 0.3) is 0 Å². The van der Waals surface area contributed by atoms with Crippen molar-refractivity contribution in [1.29, 1.82) is 5.26 Å². The largest absolute Gasteiger partial charge is 0.326 e. The van der Waals surface area contributed by atoms with Gasteiger partial charge >= 0.3 is 0 Å². The quantitative estimate of drug-likeness (QED) is 0.619. The van der Waals surface area contributed by atoms with Gasteiger partial charge in [-0.05, 0) is 55.2 Å². The lowest BCUT2D eigenvalue weighted by molar-refractivity contribution is -0.116. The summed E-state index contributed by atoms with van der Waals surface area (Å²) in [5.74, 6) is 0.161. The molecule has 0 aliphatic rings. The molecule has 2 rings (SSSR count). The number of hydrogen-bond donors (Lipinski definition) is 2. The molecule has 6 nitrogen and oxygen atoms in total. The van der Waals surface area contributed by atoms with Crippen LogP contribution in [0.3, 0.4) is 0 Å². The maximum Gasteiger partial charge on any atom is 0.237 e. The smallest absolute Gasteiger partial charge is 0.237 e. The number of carbonyl (C=O) groups excluding carboxylic acids is 2. The molecule has 0 saturated carbocycles. The zero-order valence-corrected chi connectivity index (χ0v) is 18.0. The zero-order valence-electron chi connectivity index (χ0n) is 17.2. The summed E-state index contributed by atoms with van der Waals surface area (Å²) in [5, 5.41) is 15.2. The van der Waals surface area contributed by atoms with Crippen LogP contribution in [0, 0.1) is 17.2 Å². The molecule has 2 amide bonds. The molecule has 0 saturated heterocycles. The molecule has 7 heteroatoms. The SMILES string of the molecule is CCC(Sc1nc(CC(C)C)ccc1C#N)C(=O)Nc1ccc(NC(C)=O)cc1. The molecule has 1 unspecified atom stereocenters. The summed E-state index contributed by atoms with van der Waals surface area (Å²) in [6.45, 7) is 7.61. The Labute approximate surface area is 176 Å². The molecular formula is C22H26N4O2S. The van der Waals surface area contributed by atoms with Gasteiger partial charge in [-0.3, -0.25) is 9.59 Å². The molecule has 0 spiro atoms. The fourth-order valence-corrected chi connectivity index (χ4v) is 3.72.